The van der Waals surface area contributed by atoms with E-state index in [1.807, 2.05) is 12.1 Å². The molecule has 82 valence electrons. The average Bonchev–Trinajstić information content (AvgIpc) is 2.69. The minimum atomic E-state index is 0.599. The molecule has 2 nitrogen and oxygen atoms in total. The van der Waals surface area contributed by atoms with Gasteiger partial charge in [-0.1, -0.05) is 18.0 Å². The van der Waals surface area contributed by atoms with Crippen LogP contribution in [0.3, 0.4) is 0 Å². The first kappa shape index (κ1) is 11.2. The molecule has 0 aromatic carbocycles. The first-order valence-electron chi connectivity index (χ1n) is 5.28. The molecule has 0 bridgehead atoms. The number of hydrogen-bond donors (Lipinski definition) is 1. The van der Waals surface area contributed by atoms with Crippen molar-refractivity contribution in [1.29, 1.82) is 0 Å². The summed E-state index contributed by atoms with van der Waals surface area (Å²) in [5.41, 5.74) is 5.75. The molecule has 0 amide bonds. The summed E-state index contributed by atoms with van der Waals surface area (Å²) in [6, 6.07) is 3.75. The van der Waals surface area contributed by atoms with Crippen LogP contribution in [0.25, 0.3) is 0 Å². The Morgan fingerprint density at radius 1 is 1.53 bits per heavy atom. The van der Waals surface area contributed by atoms with E-state index in [1.54, 1.807) is 18.0 Å². The fraction of sp³-hybridized carbons (Fsp3) is 0.545. The van der Waals surface area contributed by atoms with Crippen molar-refractivity contribution in [2.24, 2.45) is 11.7 Å². The Hall–Kier alpha value is -0.250. The lowest BCUT2D eigenvalue weighted by Gasteiger charge is -2.16. The van der Waals surface area contributed by atoms with Crippen molar-refractivity contribution in [2.45, 2.75) is 29.5 Å². The molecular formula is C11H15ClN2S. The van der Waals surface area contributed by atoms with Crippen molar-refractivity contribution in [3.8, 4) is 0 Å². The second kappa shape index (κ2) is 5.19. The molecule has 1 fully saturated rings. The molecule has 1 aliphatic carbocycles. The first-order valence-corrected chi connectivity index (χ1v) is 6.54. The van der Waals surface area contributed by atoms with Gasteiger partial charge in [-0.3, -0.25) is 0 Å². The minimum Gasteiger partial charge on any atom is -0.330 e. The van der Waals surface area contributed by atoms with Gasteiger partial charge in [-0.25, -0.2) is 4.98 Å². The summed E-state index contributed by atoms with van der Waals surface area (Å²) in [5.74, 6) is 0.632. The molecule has 1 aliphatic rings. The summed E-state index contributed by atoms with van der Waals surface area (Å²) >= 11 is 7.87. The van der Waals surface area contributed by atoms with Crippen LogP contribution < -0.4 is 5.73 Å². The van der Waals surface area contributed by atoms with Gasteiger partial charge < -0.3 is 5.73 Å². The third-order valence-corrected chi connectivity index (χ3v) is 4.77. The van der Waals surface area contributed by atoms with Gasteiger partial charge in [0, 0.05) is 11.4 Å². The number of rotatable bonds is 3. The molecule has 4 heteroatoms. The summed E-state index contributed by atoms with van der Waals surface area (Å²) in [6.07, 6.45) is 5.56. The number of nitrogens with two attached hydrogens (primary N) is 1. The van der Waals surface area contributed by atoms with Crippen LogP contribution in [0.4, 0.5) is 0 Å². The first-order chi connectivity index (χ1) is 7.31. The fourth-order valence-corrected chi connectivity index (χ4v) is 3.60. The molecule has 0 radical (unpaired) electrons. The van der Waals surface area contributed by atoms with Crippen molar-refractivity contribution in [2.75, 3.05) is 6.54 Å². The second-order valence-electron chi connectivity index (χ2n) is 3.87. The zero-order valence-electron chi connectivity index (χ0n) is 8.53. The lowest BCUT2D eigenvalue weighted by Crippen LogP contribution is -2.20. The molecule has 1 aromatic rings. The van der Waals surface area contributed by atoms with Crippen LogP contribution in [-0.2, 0) is 0 Å². The van der Waals surface area contributed by atoms with Gasteiger partial charge in [0.1, 0.15) is 5.03 Å². The highest BCUT2D eigenvalue weighted by molar-refractivity contribution is 8.00. The smallest absolute Gasteiger partial charge is 0.115 e. The van der Waals surface area contributed by atoms with Gasteiger partial charge in [-0.05, 0) is 37.4 Å². The van der Waals surface area contributed by atoms with Crippen LogP contribution in [0.15, 0.2) is 23.4 Å². The lowest BCUT2D eigenvalue weighted by atomic mass is 10.1. The van der Waals surface area contributed by atoms with E-state index in [0.717, 1.165) is 16.6 Å². The van der Waals surface area contributed by atoms with Crippen molar-refractivity contribution in [3.63, 3.8) is 0 Å². The molecule has 0 spiro atoms. The molecule has 2 rings (SSSR count). The molecule has 2 unspecified atom stereocenters. The second-order valence-corrected chi connectivity index (χ2v) is 5.51. The number of nitrogens with zero attached hydrogens (tertiary/aromatic N) is 1. The standard InChI is InChI=1S/C11H15ClN2S/c12-9-4-2-6-14-11(9)15-10-5-1-3-8(10)7-13/h2,4,6,8,10H,1,3,5,7,13H2. The van der Waals surface area contributed by atoms with Gasteiger partial charge in [-0.2, -0.15) is 0 Å². The number of halogens is 1. The van der Waals surface area contributed by atoms with Crippen LogP contribution in [0.5, 0.6) is 0 Å². The summed E-state index contributed by atoms with van der Waals surface area (Å²) in [4.78, 5) is 4.30. The van der Waals surface area contributed by atoms with Gasteiger partial charge >= 0.3 is 0 Å². The van der Waals surface area contributed by atoms with E-state index in [0.29, 0.717) is 11.2 Å². The predicted octanol–water partition coefficient (Wildman–Crippen LogP) is 2.95. The fourth-order valence-electron chi connectivity index (χ4n) is 2.03. The SMILES string of the molecule is NCC1CCCC1Sc1ncccc1Cl. The van der Waals surface area contributed by atoms with Crippen LogP contribution >= 0.6 is 23.4 Å². The van der Waals surface area contributed by atoms with E-state index in [9.17, 15) is 0 Å². The van der Waals surface area contributed by atoms with Crippen LogP contribution in [0, 0.1) is 5.92 Å². The minimum absolute atomic E-state index is 0.599. The summed E-state index contributed by atoms with van der Waals surface area (Å²) < 4.78 is 0. The summed E-state index contributed by atoms with van der Waals surface area (Å²) in [5, 5.41) is 2.30. The number of pyridine rings is 1. The van der Waals surface area contributed by atoms with Crippen molar-refractivity contribution < 1.29 is 0 Å². The van der Waals surface area contributed by atoms with E-state index in [-0.39, 0.29) is 0 Å². The Morgan fingerprint density at radius 3 is 3.13 bits per heavy atom. The maximum atomic E-state index is 6.08. The highest BCUT2D eigenvalue weighted by Gasteiger charge is 2.27. The van der Waals surface area contributed by atoms with Gasteiger partial charge in [0.2, 0.25) is 0 Å². The molecule has 0 saturated heterocycles. The predicted molar refractivity (Wildman–Crippen MR) is 65.3 cm³/mol. The number of aromatic nitrogens is 1. The zero-order valence-corrected chi connectivity index (χ0v) is 10.1. The zero-order chi connectivity index (χ0) is 10.7. The summed E-state index contributed by atoms with van der Waals surface area (Å²) in [7, 11) is 0. The van der Waals surface area contributed by atoms with Crippen LogP contribution in [0.2, 0.25) is 5.02 Å². The summed E-state index contributed by atoms with van der Waals surface area (Å²) in [6.45, 7) is 0.780. The Balaban J connectivity index is 2.05. The van der Waals surface area contributed by atoms with Crippen LogP contribution in [0.1, 0.15) is 19.3 Å². The molecule has 0 aliphatic heterocycles. The normalized spacial score (nSPS) is 25.7. The van der Waals surface area contributed by atoms with E-state index in [2.05, 4.69) is 4.98 Å². The van der Waals surface area contributed by atoms with E-state index in [4.69, 9.17) is 17.3 Å². The van der Waals surface area contributed by atoms with Gasteiger partial charge in [0.05, 0.1) is 5.02 Å². The Bertz CT molecular complexity index is 332. The molecule has 1 aromatic heterocycles. The van der Waals surface area contributed by atoms with Gasteiger partial charge in [0.25, 0.3) is 0 Å². The Labute approximate surface area is 99.6 Å². The van der Waals surface area contributed by atoms with E-state index >= 15 is 0 Å². The van der Waals surface area contributed by atoms with E-state index < -0.39 is 0 Å². The number of thioether (sulfide) groups is 1. The number of hydrogen-bond acceptors (Lipinski definition) is 3. The Kier molecular flexibility index (Phi) is 3.89. The highest BCUT2D eigenvalue weighted by atomic mass is 35.5. The van der Waals surface area contributed by atoms with Crippen molar-refractivity contribution in [1.82, 2.24) is 4.98 Å². The Morgan fingerprint density at radius 2 is 2.40 bits per heavy atom. The molecular weight excluding hydrogens is 228 g/mol. The third-order valence-electron chi connectivity index (χ3n) is 2.88. The van der Waals surface area contributed by atoms with Crippen molar-refractivity contribution in [3.05, 3.63) is 23.4 Å². The van der Waals surface area contributed by atoms with Crippen molar-refractivity contribution >= 4 is 23.4 Å². The molecule has 2 N–H and O–H groups in total. The highest BCUT2D eigenvalue weighted by Crippen LogP contribution is 2.39. The molecule has 1 saturated carbocycles. The van der Waals surface area contributed by atoms with E-state index in [1.165, 1.54) is 19.3 Å². The maximum Gasteiger partial charge on any atom is 0.115 e. The monoisotopic (exact) mass is 242 g/mol. The average molecular weight is 243 g/mol. The third kappa shape index (κ3) is 2.65. The van der Waals surface area contributed by atoms with Crippen LogP contribution in [-0.4, -0.2) is 16.8 Å². The molecule has 2 atom stereocenters. The quantitative estimate of drug-likeness (QED) is 0.886. The lowest BCUT2D eigenvalue weighted by molar-refractivity contribution is 0.573. The van der Waals surface area contributed by atoms with Gasteiger partial charge in [-0.15, -0.1) is 11.8 Å². The largest absolute Gasteiger partial charge is 0.330 e. The molecule has 15 heavy (non-hydrogen) atoms. The van der Waals surface area contributed by atoms with Gasteiger partial charge in [0.15, 0.2) is 0 Å². The maximum absolute atomic E-state index is 6.08. The molecule has 1 heterocycles. The topological polar surface area (TPSA) is 38.9 Å².